The normalized spacial score (nSPS) is 11.5. The Balaban J connectivity index is 3.03. The Morgan fingerprint density at radius 2 is 2.14 bits per heavy atom. The van der Waals surface area contributed by atoms with Gasteiger partial charge in [-0.25, -0.2) is 8.42 Å². The van der Waals surface area contributed by atoms with Crippen LogP contribution in [-0.2, 0) is 9.84 Å². The summed E-state index contributed by atoms with van der Waals surface area (Å²) in [5.41, 5.74) is 4.92. The SMILES string of the molecule is CCCS(=O)(=O)c1nnc(C(N)=O)s1. The molecule has 1 heterocycles. The smallest absolute Gasteiger partial charge is 0.279 e. The van der Waals surface area contributed by atoms with Crippen LogP contribution < -0.4 is 5.73 Å². The molecule has 0 atom stereocenters. The van der Waals surface area contributed by atoms with E-state index in [1.165, 1.54) is 0 Å². The van der Waals surface area contributed by atoms with Crippen LogP contribution >= 0.6 is 11.3 Å². The Morgan fingerprint density at radius 3 is 2.57 bits per heavy atom. The molecule has 1 amide bonds. The third-order valence-corrected chi connectivity index (χ3v) is 4.66. The van der Waals surface area contributed by atoms with E-state index in [9.17, 15) is 13.2 Å². The number of hydrogen-bond acceptors (Lipinski definition) is 6. The van der Waals surface area contributed by atoms with Gasteiger partial charge in [-0.1, -0.05) is 18.3 Å². The lowest BCUT2D eigenvalue weighted by Gasteiger charge is -1.93. The average molecular weight is 235 g/mol. The van der Waals surface area contributed by atoms with E-state index in [2.05, 4.69) is 10.2 Å². The Morgan fingerprint density at radius 1 is 1.50 bits per heavy atom. The lowest BCUT2D eigenvalue weighted by Crippen LogP contribution is -2.10. The third kappa shape index (κ3) is 2.26. The van der Waals surface area contributed by atoms with Crippen LogP contribution in [0.3, 0.4) is 0 Å². The zero-order valence-corrected chi connectivity index (χ0v) is 9.06. The summed E-state index contributed by atoms with van der Waals surface area (Å²) in [5.74, 6) is -0.763. The largest absolute Gasteiger partial charge is 0.363 e. The van der Waals surface area contributed by atoms with E-state index in [1.54, 1.807) is 6.92 Å². The minimum absolute atomic E-state index is 0.000392. The van der Waals surface area contributed by atoms with Crippen LogP contribution in [0.2, 0.25) is 0 Å². The number of carbonyl (C=O) groups is 1. The Bertz CT molecular complexity index is 437. The van der Waals surface area contributed by atoms with Gasteiger partial charge in [0.15, 0.2) is 0 Å². The van der Waals surface area contributed by atoms with E-state index in [0.717, 1.165) is 0 Å². The lowest BCUT2D eigenvalue weighted by molar-refractivity contribution is 0.0999. The van der Waals surface area contributed by atoms with Gasteiger partial charge in [0.25, 0.3) is 5.91 Å². The van der Waals surface area contributed by atoms with Gasteiger partial charge in [0.05, 0.1) is 5.75 Å². The molecule has 0 aliphatic heterocycles. The van der Waals surface area contributed by atoms with Crippen LogP contribution in [0.5, 0.6) is 0 Å². The van der Waals surface area contributed by atoms with Crippen molar-refractivity contribution in [1.82, 2.24) is 10.2 Å². The first-order chi connectivity index (χ1) is 6.47. The summed E-state index contributed by atoms with van der Waals surface area (Å²) in [6.45, 7) is 1.74. The first kappa shape index (κ1) is 11.1. The number of carbonyl (C=O) groups excluding carboxylic acids is 1. The summed E-state index contributed by atoms with van der Waals surface area (Å²) in [6, 6.07) is 0. The van der Waals surface area contributed by atoms with Crippen molar-refractivity contribution in [3.05, 3.63) is 5.01 Å². The summed E-state index contributed by atoms with van der Waals surface area (Å²) in [4.78, 5) is 10.6. The van der Waals surface area contributed by atoms with Crippen LogP contribution in [0.1, 0.15) is 23.1 Å². The van der Waals surface area contributed by atoms with Crippen LogP contribution in [0, 0.1) is 0 Å². The van der Waals surface area contributed by atoms with E-state index in [1.807, 2.05) is 0 Å². The number of rotatable bonds is 4. The number of nitrogens with two attached hydrogens (primary N) is 1. The van der Waals surface area contributed by atoms with Crippen molar-refractivity contribution in [2.75, 3.05) is 5.75 Å². The van der Waals surface area contributed by atoms with E-state index < -0.39 is 15.7 Å². The molecule has 1 rings (SSSR count). The molecule has 0 saturated carbocycles. The average Bonchev–Trinajstić information content (AvgIpc) is 2.51. The topological polar surface area (TPSA) is 103 Å². The van der Waals surface area contributed by atoms with Crippen molar-refractivity contribution < 1.29 is 13.2 Å². The summed E-state index contributed by atoms with van der Waals surface area (Å²) < 4.78 is 22.7. The van der Waals surface area contributed by atoms with Gasteiger partial charge in [-0.15, -0.1) is 10.2 Å². The highest BCUT2D eigenvalue weighted by Crippen LogP contribution is 2.16. The van der Waals surface area contributed by atoms with Crippen molar-refractivity contribution >= 4 is 27.1 Å². The van der Waals surface area contributed by atoms with Crippen molar-refractivity contribution in [3.63, 3.8) is 0 Å². The number of sulfone groups is 1. The highest BCUT2D eigenvalue weighted by molar-refractivity contribution is 7.93. The van der Waals surface area contributed by atoms with Gasteiger partial charge in [-0.05, 0) is 6.42 Å². The number of nitrogens with zero attached hydrogens (tertiary/aromatic N) is 2. The first-order valence-corrected chi connectivity index (χ1v) is 6.30. The summed E-state index contributed by atoms with van der Waals surface area (Å²) in [7, 11) is -3.39. The van der Waals surface area contributed by atoms with Crippen molar-refractivity contribution in [3.8, 4) is 0 Å². The molecule has 14 heavy (non-hydrogen) atoms. The Labute approximate surface area is 85.1 Å². The summed E-state index contributed by atoms with van der Waals surface area (Å²) in [6.07, 6.45) is 0.494. The lowest BCUT2D eigenvalue weighted by atomic mass is 10.6. The van der Waals surface area contributed by atoms with Crippen molar-refractivity contribution in [1.29, 1.82) is 0 Å². The van der Waals surface area contributed by atoms with E-state index in [4.69, 9.17) is 5.73 Å². The van der Waals surface area contributed by atoms with E-state index in [-0.39, 0.29) is 15.1 Å². The minimum Gasteiger partial charge on any atom is -0.363 e. The molecule has 0 aliphatic rings. The highest BCUT2D eigenvalue weighted by Gasteiger charge is 2.20. The molecule has 0 saturated heterocycles. The molecule has 6 nitrogen and oxygen atoms in total. The van der Waals surface area contributed by atoms with Gasteiger partial charge >= 0.3 is 0 Å². The maximum atomic E-state index is 11.4. The second-order valence-electron chi connectivity index (χ2n) is 2.56. The number of aromatic nitrogens is 2. The van der Waals surface area contributed by atoms with Gasteiger partial charge < -0.3 is 5.73 Å². The maximum absolute atomic E-state index is 11.4. The highest BCUT2D eigenvalue weighted by atomic mass is 32.2. The van der Waals surface area contributed by atoms with Gasteiger partial charge in [0.1, 0.15) is 0 Å². The molecule has 2 N–H and O–H groups in total. The predicted molar refractivity (Wildman–Crippen MR) is 50.8 cm³/mol. The fourth-order valence-electron chi connectivity index (χ4n) is 0.791. The summed E-state index contributed by atoms with van der Waals surface area (Å²) in [5, 5.41) is 6.70. The maximum Gasteiger partial charge on any atom is 0.279 e. The molecular formula is C6H9N3O3S2. The molecule has 1 aromatic heterocycles. The number of hydrogen-bond donors (Lipinski definition) is 1. The number of primary amides is 1. The third-order valence-electron chi connectivity index (χ3n) is 1.36. The molecule has 0 fully saturated rings. The fourth-order valence-corrected chi connectivity index (χ4v) is 3.09. The molecular weight excluding hydrogens is 226 g/mol. The molecule has 0 radical (unpaired) electrons. The fraction of sp³-hybridized carbons (Fsp3) is 0.500. The number of amides is 1. The Kier molecular flexibility index (Phi) is 3.17. The van der Waals surface area contributed by atoms with Crippen LogP contribution in [0.15, 0.2) is 4.34 Å². The van der Waals surface area contributed by atoms with Gasteiger partial charge in [-0.3, -0.25) is 4.79 Å². The van der Waals surface area contributed by atoms with Crippen LogP contribution in [0.25, 0.3) is 0 Å². The molecule has 0 aromatic carbocycles. The second kappa shape index (κ2) is 4.01. The molecule has 0 unspecified atom stereocenters. The van der Waals surface area contributed by atoms with Crippen LogP contribution in [0.4, 0.5) is 0 Å². The van der Waals surface area contributed by atoms with E-state index in [0.29, 0.717) is 17.8 Å². The summed E-state index contributed by atoms with van der Waals surface area (Å²) >= 11 is 0.703. The molecule has 0 bridgehead atoms. The molecule has 0 spiro atoms. The van der Waals surface area contributed by atoms with Gasteiger partial charge in [0, 0.05) is 0 Å². The van der Waals surface area contributed by atoms with E-state index >= 15 is 0 Å². The first-order valence-electron chi connectivity index (χ1n) is 3.83. The predicted octanol–water partition coefficient (Wildman–Crippen LogP) is -0.179. The minimum atomic E-state index is -3.39. The monoisotopic (exact) mass is 235 g/mol. The molecule has 1 aromatic rings. The Hall–Kier alpha value is -1.02. The van der Waals surface area contributed by atoms with Crippen LogP contribution in [-0.4, -0.2) is 30.3 Å². The van der Waals surface area contributed by atoms with Gasteiger partial charge in [0.2, 0.25) is 19.2 Å². The standard InChI is InChI=1S/C6H9N3O3S2/c1-2-3-14(11,12)6-9-8-5(13-6)4(7)10/h2-3H2,1H3,(H2,7,10). The van der Waals surface area contributed by atoms with Gasteiger partial charge in [-0.2, -0.15) is 0 Å². The molecule has 78 valence electrons. The van der Waals surface area contributed by atoms with Crippen molar-refractivity contribution in [2.45, 2.75) is 17.7 Å². The molecule has 8 heteroatoms. The van der Waals surface area contributed by atoms with Crippen molar-refractivity contribution in [2.24, 2.45) is 5.73 Å². The molecule has 0 aliphatic carbocycles. The zero-order chi connectivity index (χ0) is 10.8. The quantitative estimate of drug-likeness (QED) is 0.779. The zero-order valence-electron chi connectivity index (χ0n) is 7.43. The second-order valence-corrected chi connectivity index (χ2v) is 5.82.